The first-order valence-corrected chi connectivity index (χ1v) is 19.8. The monoisotopic (exact) mass is 745 g/mol. The van der Waals surface area contributed by atoms with Gasteiger partial charge < -0.3 is 4.90 Å². The van der Waals surface area contributed by atoms with Crippen molar-refractivity contribution in [2.75, 3.05) is 4.90 Å². The van der Waals surface area contributed by atoms with Gasteiger partial charge in [0.15, 0.2) is 0 Å². The van der Waals surface area contributed by atoms with Gasteiger partial charge in [0.2, 0.25) is 0 Å². The van der Waals surface area contributed by atoms with Gasteiger partial charge in [-0.05, 0) is 82.9 Å². The molecule has 0 fully saturated rings. The molecule has 1 aliphatic carbocycles. The number of hydrogen-bond acceptors (Lipinski definition) is 3. The third-order valence-corrected chi connectivity index (χ3v) is 11.8. The second-order valence-corrected chi connectivity index (χ2v) is 15.5. The lowest BCUT2D eigenvalue weighted by molar-refractivity contribution is 0.660. The number of pyridine rings is 2. The van der Waals surface area contributed by atoms with Crippen LogP contribution < -0.4 is 4.90 Å². The molecule has 58 heavy (non-hydrogen) atoms. The average Bonchev–Trinajstić information content (AvgIpc) is 3.94. The summed E-state index contributed by atoms with van der Waals surface area (Å²) in [5, 5.41) is 0. The van der Waals surface area contributed by atoms with Gasteiger partial charge in [0.1, 0.15) is 11.3 Å². The molecule has 0 amide bonds. The van der Waals surface area contributed by atoms with Gasteiger partial charge in [-0.3, -0.25) is 8.80 Å². The summed E-state index contributed by atoms with van der Waals surface area (Å²) in [6.45, 7) is 4.69. The molecule has 0 aliphatic heterocycles. The maximum atomic E-state index is 5.10. The maximum Gasteiger partial charge on any atom is 0.137 e. The van der Waals surface area contributed by atoms with Crippen LogP contribution in [-0.2, 0) is 5.41 Å². The molecular formula is C53H39N5. The van der Waals surface area contributed by atoms with Crippen molar-refractivity contribution in [2.45, 2.75) is 19.3 Å². The Bertz CT molecular complexity index is 2960. The highest BCUT2D eigenvalue weighted by Gasteiger charge is 2.35. The van der Waals surface area contributed by atoms with Crippen LogP contribution in [0, 0.1) is 0 Å². The van der Waals surface area contributed by atoms with Gasteiger partial charge in [0.25, 0.3) is 0 Å². The highest BCUT2D eigenvalue weighted by molar-refractivity contribution is 5.88. The van der Waals surface area contributed by atoms with Gasteiger partial charge >= 0.3 is 0 Å². The summed E-state index contributed by atoms with van der Waals surface area (Å²) in [6.07, 6.45) is 4.20. The summed E-state index contributed by atoms with van der Waals surface area (Å²) in [6, 6.07) is 67.0. The van der Waals surface area contributed by atoms with Crippen LogP contribution in [0.1, 0.15) is 25.0 Å². The average molecular weight is 746 g/mol. The lowest BCUT2D eigenvalue weighted by atomic mass is 9.82. The SMILES string of the molecule is CC1(C)c2ccccc2-c2ccc(N(c3ccc(-c4c(-c5ccccc5)nc5ccccn45)cc3)c3ccc(-c4c(-c5ccccc5)nc5ccccn45)cc3)cc21. The molecular weight excluding hydrogens is 707 g/mol. The van der Waals surface area contributed by atoms with E-state index in [1.807, 2.05) is 24.3 Å². The molecule has 4 aromatic heterocycles. The Hall–Kier alpha value is -7.50. The zero-order valence-corrected chi connectivity index (χ0v) is 32.3. The third kappa shape index (κ3) is 5.39. The molecule has 4 heterocycles. The van der Waals surface area contributed by atoms with Crippen molar-refractivity contribution in [2.24, 2.45) is 0 Å². The minimum atomic E-state index is -0.130. The lowest BCUT2D eigenvalue weighted by Gasteiger charge is -2.28. The minimum absolute atomic E-state index is 0.130. The Morgan fingerprint density at radius 1 is 0.397 bits per heavy atom. The zero-order chi connectivity index (χ0) is 38.8. The molecule has 0 saturated carbocycles. The van der Waals surface area contributed by atoms with Gasteiger partial charge in [-0.1, -0.05) is 141 Å². The van der Waals surface area contributed by atoms with Crippen LogP contribution in [0.25, 0.3) is 67.5 Å². The number of fused-ring (bicyclic) bond motifs is 5. The predicted molar refractivity (Wildman–Crippen MR) is 238 cm³/mol. The summed E-state index contributed by atoms with van der Waals surface area (Å²) in [5.41, 5.74) is 18.8. The third-order valence-electron chi connectivity index (χ3n) is 11.8. The van der Waals surface area contributed by atoms with E-state index in [2.05, 4.69) is 204 Å². The predicted octanol–water partition coefficient (Wildman–Crippen LogP) is 13.4. The summed E-state index contributed by atoms with van der Waals surface area (Å²) in [7, 11) is 0. The van der Waals surface area contributed by atoms with Crippen LogP contribution in [0.2, 0.25) is 0 Å². The van der Waals surface area contributed by atoms with Crippen molar-refractivity contribution in [3.8, 4) is 56.2 Å². The van der Waals surface area contributed by atoms with E-state index in [1.54, 1.807) is 0 Å². The maximum absolute atomic E-state index is 5.10. The van der Waals surface area contributed by atoms with E-state index in [1.165, 1.54) is 22.3 Å². The molecule has 276 valence electrons. The van der Waals surface area contributed by atoms with E-state index in [4.69, 9.17) is 9.97 Å². The molecule has 5 nitrogen and oxygen atoms in total. The summed E-state index contributed by atoms with van der Waals surface area (Å²) in [5.74, 6) is 0. The number of anilines is 3. The van der Waals surface area contributed by atoms with E-state index in [-0.39, 0.29) is 5.41 Å². The van der Waals surface area contributed by atoms with Gasteiger partial charge in [-0.25, -0.2) is 9.97 Å². The molecule has 6 aromatic carbocycles. The summed E-state index contributed by atoms with van der Waals surface area (Å²) >= 11 is 0. The summed E-state index contributed by atoms with van der Waals surface area (Å²) in [4.78, 5) is 12.6. The van der Waals surface area contributed by atoms with Crippen molar-refractivity contribution in [3.63, 3.8) is 0 Å². The van der Waals surface area contributed by atoms with Gasteiger partial charge in [-0.2, -0.15) is 0 Å². The van der Waals surface area contributed by atoms with Crippen LogP contribution in [0.15, 0.2) is 200 Å². The molecule has 0 atom stereocenters. The Morgan fingerprint density at radius 2 is 0.845 bits per heavy atom. The first-order chi connectivity index (χ1) is 28.5. The summed E-state index contributed by atoms with van der Waals surface area (Å²) < 4.78 is 4.38. The molecule has 0 spiro atoms. The molecule has 0 radical (unpaired) electrons. The molecule has 0 saturated heterocycles. The fourth-order valence-electron chi connectivity index (χ4n) is 8.95. The Kier molecular flexibility index (Phi) is 7.76. The van der Waals surface area contributed by atoms with Gasteiger partial charge in [-0.15, -0.1) is 0 Å². The number of aromatic nitrogens is 4. The van der Waals surface area contributed by atoms with E-state index in [9.17, 15) is 0 Å². The van der Waals surface area contributed by atoms with Crippen LogP contribution in [0.4, 0.5) is 17.1 Å². The van der Waals surface area contributed by atoms with Crippen molar-refractivity contribution in [1.29, 1.82) is 0 Å². The molecule has 10 aromatic rings. The number of rotatable bonds is 7. The minimum Gasteiger partial charge on any atom is -0.310 e. The number of imidazole rings is 2. The quantitative estimate of drug-likeness (QED) is 0.163. The lowest BCUT2D eigenvalue weighted by Crippen LogP contribution is -2.16. The van der Waals surface area contributed by atoms with Crippen LogP contribution in [-0.4, -0.2) is 18.8 Å². The van der Waals surface area contributed by atoms with E-state index in [0.29, 0.717) is 0 Å². The van der Waals surface area contributed by atoms with Crippen molar-refractivity contribution >= 4 is 28.4 Å². The first-order valence-electron chi connectivity index (χ1n) is 19.8. The second kappa shape index (κ2) is 13.3. The molecule has 0 bridgehead atoms. The number of benzene rings is 6. The van der Waals surface area contributed by atoms with E-state index < -0.39 is 0 Å². The second-order valence-electron chi connectivity index (χ2n) is 15.5. The van der Waals surface area contributed by atoms with Crippen molar-refractivity contribution < 1.29 is 0 Å². The fourth-order valence-corrected chi connectivity index (χ4v) is 8.95. The Morgan fingerprint density at radius 3 is 1.38 bits per heavy atom. The highest BCUT2D eigenvalue weighted by atomic mass is 15.1. The number of nitrogens with zero attached hydrogens (tertiary/aromatic N) is 5. The number of hydrogen-bond donors (Lipinski definition) is 0. The molecule has 5 heteroatoms. The smallest absolute Gasteiger partial charge is 0.137 e. The van der Waals surface area contributed by atoms with Crippen molar-refractivity contribution in [3.05, 3.63) is 212 Å². The van der Waals surface area contributed by atoms with Gasteiger partial charge in [0.05, 0.1) is 22.8 Å². The fraction of sp³-hybridized carbons (Fsp3) is 0.0566. The van der Waals surface area contributed by atoms with E-state index in [0.717, 1.165) is 73.4 Å². The van der Waals surface area contributed by atoms with Crippen LogP contribution >= 0.6 is 0 Å². The topological polar surface area (TPSA) is 37.8 Å². The highest BCUT2D eigenvalue weighted by Crippen LogP contribution is 2.51. The first kappa shape index (κ1) is 33.8. The molecule has 0 N–H and O–H groups in total. The molecule has 11 rings (SSSR count). The van der Waals surface area contributed by atoms with Crippen LogP contribution in [0.5, 0.6) is 0 Å². The normalized spacial score (nSPS) is 12.8. The van der Waals surface area contributed by atoms with Crippen molar-refractivity contribution in [1.82, 2.24) is 18.8 Å². The van der Waals surface area contributed by atoms with Crippen LogP contribution in [0.3, 0.4) is 0 Å². The largest absolute Gasteiger partial charge is 0.310 e. The Labute approximate surface area is 337 Å². The molecule has 0 unspecified atom stereocenters. The molecule has 1 aliphatic rings. The standard InChI is InChI=1S/C53H39N5/c1-53(2)45-20-10-9-19-43(45)44-32-31-42(35-46(44)53)58(40-27-23-38(24-28-40)51-49(36-15-5-3-6-16-36)54-47-21-11-13-33-56(47)51)41-29-25-39(26-30-41)52-50(37-17-7-4-8-18-37)55-48-22-12-14-34-57(48)52/h3-35H,1-2H3. The Balaban J connectivity index is 1.05. The zero-order valence-electron chi connectivity index (χ0n) is 32.3. The van der Waals surface area contributed by atoms with Gasteiger partial charge in [0, 0.05) is 57.1 Å². The van der Waals surface area contributed by atoms with E-state index >= 15 is 0 Å².